The van der Waals surface area contributed by atoms with E-state index in [1.54, 1.807) is 11.8 Å². The number of ether oxygens (including phenoxy) is 1. The largest absolute Gasteiger partial charge is 0.492 e. The summed E-state index contributed by atoms with van der Waals surface area (Å²) in [5.41, 5.74) is 0.810. The maximum Gasteiger partial charge on any atom is 0.226 e. The fourth-order valence-electron chi connectivity index (χ4n) is 2.37. The van der Waals surface area contributed by atoms with Crippen LogP contribution >= 0.6 is 23.1 Å². The van der Waals surface area contributed by atoms with E-state index >= 15 is 0 Å². The minimum Gasteiger partial charge on any atom is -0.492 e. The van der Waals surface area contributed by atoms with Crippen LogP contribution in [-0.2, 0) is 4.79 Å². The monoisotopic (exact) mass is 372 g/mol. The third-order valence-electron chi connectivity index (χ3n) is 3.49. The zero-order chi connectivity index (χ0) is 17.5. The van der Waals surface area contributed by atoms with Crippen LogP contribution in [0.25, 0.3) is 10.2 Å². The van der Waals surface area contributed by atoms with E-state index in [1.165, 1.54) is 16.2 Å². The van der Waals surface area contributed by atoms with Gasteiger partial charge in [0.15, 0.2) is 5.13 Å². The average Bonchev–Trinajstić information content (AvgIpc) is 3.03. The molecule has 3 aromatic rings. The van der Waals surface area contributed by atoms with Gasteiger partial charge < -0.3 is 10.1 Å². The molecule has 1 aromatic heterocycles. The number of rotatable bonds is 8. The summed E-state index contributed by atoms with van der Waals surface area (Å²) in [6.45, 7) is 2.54. The van der Waals surface area contributed by atoms with Crippen LogP contribution in [0.3, 0.4) is 0 Å². The molecule has 3 rings (SSSR count). The maximum atomic E-state index is 12.1. The predicted octanol–water partition coefficient (Wildman–Crippen LogP) is 5.21. The molecule has 0 spiro atoms. The molecular weight excluding hydrogens is 352 g/mol. The SMILES string of the molecule is CCOc1cccc2sc(NC(=O)CCCSc3ccccc3)nc12. The Bertz CT molecular complexity index is 834. The molecule has 1 heterocycles. The van der Waals surface area contributed by atoms with E-state index < -0.39 is 0 Å². The van der Waals surface area contributed by atoms with Crippen molar-refractivity contribution in [3.8, 4) is 5.75 Å². The number of carbonyl (C=O) groups is 1. The fourth-order valence-corrected chi connectivity index (χ4v) is 4.14. The molecule has 130 valence electrons. The first-order valence-electron chi connectivity index (χ1n) is 8.26. The van der Waals surface area contributed by atoms with Gasteiger partial charge in [0.1, 0.15) is 11.3 Å². The van der Waals surface area contributed by atoms with Gasteiger partial charge in [-0.2, -0.15) is 0 Å². The number of anilines is 1. The Morgan fingerprint density at radius 1 is 1.20 bits per heavy atom. The number of para-hydroxylation sites is 1. The van der Waals surface area contributed by atoms with E-state index in [1.807, 2.05) is 43.3 Å². The van der Waals surface area contributed by atoms with Crippen molar-refractivity contribution in [2.24, 2.45) is 0 Å². The Kier molecular flexibility index (Phi) is 6.30. The molecule has 0 aliphatic carbocycles. The first-order chi connectivity index (χ1) is 12.3. The highest BCUT2D eigenvalue weighted by Crippen LogP contribution is 2.32. The van der Waals surface area contributed by atoms with Crippen LogP contribution in [0.15, 0.2) is 53.4 Å². The molecule has 0 saturated carbocycles. The van der Waals surface area contributed by atoms with Crippen molar-refractivity contribution in [2.75, 3.05) is 17.7 Å². The van der Waals surface area contributed by atoms with Gasteiger partial charge in [0.2, 0.25) is 5.91 Å². The number of benzene rings is 2. The number of hydrogen-bond acceptors (Lipinski definition) is 5. The van der Waals surface area contributed by atoms with E-state index in [0.29, 0.717) is 18.2 Å². The molecule has 0 saturated heterocycles. The fraction of sp³-hybridized carbons (Fsp3) is 0.263. The topological polar surface area (TPSA) is 51.2 Å². The molecule has 0 unspecified atom stereocenters. The molecule has 0 aliphatic rings. The Labute approximate surface area is 155 Å². The van der Waals surface area contributed by atoms with Crippen LogP contribution in [0, 0.1) is 0 Å². The molecule has 1 amide bonds. The number of fused-ring (bicyclic) bond motifs is 1. The predicted molar refractivity (Wildman–Crippen MR) is 106 cm³/mol. The summed E-state index contributed by atoms with van der Waals surface area (Å²) >= 11 is 3.24. The Balaban J connectivity index is 1.51. The first-order valence-corrected chi connectivity index (χ1v) is 10.1. The van der Waals surface area contributed by atoms with Gasteiger partial charge in [0.05, 0.1) is 11.3 Å². The average molecular weight is 373 g/mol. The Hall–Kier alpha value is -2.05. The third-order valence-corrected chi connectivity index (χ3v) is 5.52. The lowest BCUT2D eigenvalue weighted by Gasteiger charge is -2.03. The smallest absolute Gasteiger partial charge is 0.226 e. The van der Waals surface area contributed by atoms with E-state index in [-0.39, 0.29) is 5.91 Å². The van der Waals surface area contributed by atoms with Crippen molar-refractivity contribution in [3.63, 3.8) is 0 Å². The maximum absolute atomic E-state index is 12.1. The summed E-state index contributed by atoms with van der Waals surface area (Å²) in [5, 5.41) is 3.53. The number of nitrogens with one attached hydrogen (secondary N) is 1. The second-order valence-electron chi connectivity index (χ2n) is 5.37. The minimum atomic E-state index is 0.00526. The molecule has 4 nitrogen and oxygen atoms in total. The standard InChI is InChI=1S/C19H20N2O2S2/c1-2-23-15-10-6-11-16-18(15)21-19(25-16)20-17(22)12-7-13-24-14-8-4-3-5-9-14/h3-6,8-11H,2,7,12-13H2,1H3,(H,20,21,22). The van der Waals surface area contributed by atoms with Gasteiger partial charge in [-0.3, -0.25) is 4.79 Å². The zero-order valence-corrected chi connectivity index (χ0v) is 15.7. The number of thioether (sulfide) groups is 1. The van der Waals surface area contributed by atoms with Crippen LogP contribution in [0.2, 0.25) is 0 Å². The number of hydrogen-bond donors (Lipinski definition) is 1. The van der Waals surface area contributed by atoms with Crippen LogP contribution < -0.4 is 10.1 Å². The van der Waals surface area contributed by atoms with Crippen molar-refractivity contribution in [1.29, 1.82) is 0 Å². The summed E-state index contributed by atoms with van der Waals surface area (Å²) in [6.07, 6.45) is 1.33. The molecule has 1 N–H and O–H groups in total. The molecule has 25 heavy (non-hydrogen) atoms. The van der Waals surface area contributed by atoms with Gasteiger partial charge in [-0.1, -0.05) is 35.6 Å². The van der Waals surface area contributed by atoms with Crippen LogP contribution in [0.1, 0.15) is 19.8 Å². The number of thiazole rings is 1. The first kappa shape index (κ1) is 17.8. The van der Waals surface area contributed by atoms with Gasteiger partial charge in [0.25, 0.3) is 0 Å². The molecule has 0 radical (unpaired) electrons. The molecule has 0 atom stereocenters. The van der Waals surface area contributed by atoms with E-state index in [9.17, 15) is 4.79 Å². The molecule has 0 fully saturated rings. The van der Waals surface area contributed by atoms with Gasteiger partial charge in [-0.05, 0) is 43.4 Å². The summed E-state index contributed by atoms with van der Waals surface area (Å²) < 4.78 is 6.60. The van der Waals surface area contributed by atoms with Gasteiger partial charge in [-0.25, -0.2) is 4.98 Å². The van der Waals surface area contributed by atoms with Crippen LogP contribution in [-0.4, -0.2) is 23.3 Å². The second kappa shape index (κ2) is 8.87. The number of aromatic nitrogens is 1. The highest BCUT2D eigenvalue weighted by atomic mass is 32.2. The van der Waals surface area contributed by atoms with E-state index in [4.69, 9.17) is 4.74 Å². The Morgan fingerprint density at radius 3 is 2.84 bits per heavy atom. The Morgan fingerprint density at radius 2 is 2.04 bits per heavy atom. The zero-order valence-electron chi connectivity index (χ0n) is 14.0. The highest BCUT2D eigenvalue weighted by molar-refractivity contribution is 7.99. The summed E-state index contributed by atoms with van der Waals surface area (Å²) in [4.78, 5) is 17.9. The molecular formula is C19H20N2O2S2. The second-order valence-corrected chi connectivity index (χ2v) is 7.57. The third kappa shape index (κ3) is 4.96. The lowest BCUT2D eigenvalue weighted by Crippen LogP contribution is -2.11. The number of nitrogens with zero attached hydrogens (tertiary/aromatic N) is 1. The normalized spacial score (nSPS) is 10.8. The molecule has 0 aliphatic heterocycles. The van der Waals surface area contributed by atoms with Crippen LogP contribution in [0.5, 0.6) is 5.75 Å². The molecule has 0 bridgehead atoms. The van der Waals surface area contributed by atoms with Crippen molar-refractivity contribution in [2.45, 2.75) is 24.7 Å². The molecule has 2 aromatic carbocycles. The van der Waals surface area contributed by atoms with E-state index in [2.05, 4.69) is 22.4 Å². The lowest BCUT2D eigenvalue weighted by molar-refractivity contribution is -0.116. The van der Waals surface area contributed by atoms with Crippen LogP contribution in [0.4, 0.5) is 5.13 Å². The highest BCUT2D eigenvalue weighted by Gasteiger charge is 2.11. The van der Waals surface area contributed by atoms with Gasteiger partial charge in [-0.15, -0.1) is 11.8 Å². The summed E-state index contributed by atoms with van der Waals surface area (Å²) in [5.74, 6) is 1.69. The van der Waals surface area contributed by atoms with Crippen molar-refractivity contribution < 1.29 is 9.53 Å². The summed E-state index contributed by atoms with van der Waals surface area (Å²) in [6, 6.07) is 16.1. The van der Waals surface area contributed by atoms with Crippen molar-refractivity contribution in [1.82, 2.24) is 4.98 Å². The van der Waals surface area contributed by atoms with Gasteiger partial charge in [0, 0.05) is 11.3 Å². The van der Waals surface area contributed by atoms with Crippen molar-refractivity contribution >= 4 is 44.4 Å². The minimum absolute atomic E-state index is 0.00526. The van der Waals surface area contributed by atoms with E-state index in [0.717, 1.165) is 28.1 Å². The quantitative estimate of drug-likeness (QED) is 0.436. The molecule has 6 heteroatoms. The van der Waals surface area contributed by atoms with Gasteiger partial charge >= 0.3 is 0 Å². The van der Waals surface area contributed by atoms with Crippen molar-refractivity contribution in [3.05, 3.63) is 48.5 Å². The summed E-state index contributed by atoms with van der Waals surface area (Å²) in [7, 11) is 0. The number of carbonyl (C=O) groups excluding carboxylic acids is 1. The number of amides is 1. The lowest BCUT2D eigenvalue weighted by atomic mass is 10.3.